The molecule has 0 bridgehead atoms. The zero-order valence-corrected chi connectivity index (χ0v) is 20.9. The van der Waals surface area contributed by atoms with Gasteiger partial charge in [-0.2, -0.15) is 0 Å². The zero-order chi connectivity index (χ0) is 23.0. The number of carbonyl (C=O) groups excluding carboxylic acids is 2. The summed E-state index contributed by atoms with van der Waals surface area (Å²) in [4.78, 5) is 23.2. The van der Waals surface area contributed by atoms with Crippen molar-refractivity contribution < 1.29 is 19.1 Å². The molecule has 0 aromatic carbocycles. The minimum atomic E-state index is -0.472. The van der Waals surface area contributed by atoms with E-state index < -0.39 is 6.09 Å². The van der Waals surface area contributed by atoms with Gasteiger partial charge in [0.1, 0.15) is 0 Å². The lowest BCUT2D eigenvalue weighted by atomic mass is 10.0. The predicted octanol–water partition coefficient (Wildman–Crippen LogP) is 7.71. The van der Waals surface area contributed by atoms with E-state index in [0.29, 0.717) is 13.2 Å². The van der Waals surface area contributed by atoms with Gasteiger partial charge in [-0.15, -0.1) is 0 Å². The Balaban J connectivity index is 3.30. The van der Waals surface area contributed by atoms with Gasteiger partial charge in [0.25, 0.3) is 0 Å². The van der Waals surface area contributed by atoms with Crippen LogP contribution in [0.3, 0.4) is 0 Å². The summed E-state index contributed by atoms with van der Waals surface area (Å²) in [7, 11) is 0. The van der Waals surface area contributed by atoms with E-state index in [0.717, 1.165) is 19.3 Å². The lowest BCUT2D eigenvalue weighted by molar-refractivity contribution is -0.144. The van der Waals surface area contributed by atoms with Crippen LogP contribution < -0.4 is 5.32 Å². The Morgan fingerprint density at radius 2 is 1.06 bits per heavy atom. The van der Waals surface area contributed by atoms with Crippen molar-refractivity contribution in [2.75, 3.05) is 13.2 Å². The van der Waals surface area contributed by atoms with Gasteiger partial charge in [-0.05, 0) is 19.8 Å². The summed E-state index contributed by atoms with van der Waals surface area (Å²) >= 11 is 0. The van der Waals surface area contributed by atoms with E-state index in [9.17, 15) is 9.59 Å². The van der Waals surface area contributed by atoms with Crippen LogP contribution in [0, 0.1) is 0 Å². The van der Waals surface area contributed by atoms with Crippen LogP contribution in [0.5, 0.6) is 0 Å². The summed E-state index contributed by atoms with van der Waals surface area (Å²) in [5, 5.41) is 2.64. The molecule has 0 aliphatic heterocycles. The minimum Gasteiger partial charge on any atom is -0.466 e. The number of hydrogen-bond donors (Lipinski definition) is 1. The third-order valence-electron chi connectivity index (χ3n) is 5.54. The number of hydrogen-bond acceptors (Lipinski definition) is 4. The van der Waals surface area contributed by atoms with E-state index in [4.69, 9.17) is 9.47 Å². The van der Waals surface area contributed by atoms with Gasteiger partial charge in [0.05, 0.1) is 19.6 Å². The summed E-state index contributed by atoms with van der Waals surface area (Å²) in [5.74, 6) is -0.260. The van der Waals surface area contributed by atoms with Gasteiger partial charge in [-0.25, -0.2) is 4.79 Å². The van der Waals surface area contributed by atoms with E-state index in [1.165, 1.54) is 89.9 Å². The first-order valence-corrected chi connectivity index (χ1v) is 13.2. The van der Waals surface area contributed by atoms with Crippen LogP contribution in [-0.4, -0.2) is 31.3 Å². The molecule has 31 heavy (non-hydrogen) atoms. The van der Waals surface area contributed by atoms with Crippen LogP contribution >= 0.6 is 0 Å². The monoisotopic (exact) mass is 441 g/mol. The molecule has 0 aliphatic carbocycles. The van der Waals surface area contributed by atoms with Gasteiger partial charge < -0.3 is 14.8 Å². The molecule has 0 spiro atoms. The van der Waals surface area contributed by atoms with Crippen molar-refractivity contribution >= 4 is 12.1 Å². The van der Waals surface area contributed by atoms with Crippen molar-refractivity contribution in [1.82, 2.24) is 5.32 Å². The van der Waals surface area contributed by atoms with Crippen LogP contribution in [0.2, 0.25) is 0 Å². The number of amides is 1. The number of esters is 1. The topological polar surface area (TPSA) is 64.6 Å². The van der Waals surface area contributed by atoms with Crippen LogP contribution in [0.1, 0.15) is 136 Å². The number of nitrogens with one attached hydrogen (secondary N) is 1. The van der Waals surface area contributed by atoms with E-state index in [2.05, 4.69) is 12.2 Å². The second-order valence-corrected chi connectivity index (χ2v) is 8.91. The zero-order valence-electron chi connectivity index (χ0n) is 20.9. The Labute approximate surface area is 192 Å². The Morgan fingerprint density at radius 1 is 0.613 bits per heavy atom. The molecular weight excluding hydrogens is 390 g/mol. The van der Waals surface area contributed by atoms with Crippen molar-refractivity contribution in [1.29, 1.82) is 0 Å². The van der Waals surface area contributed by atoms with Crippen LogP contribution in [0.25, 0.3) is 0 Å². The highest BCUT2D eigenvalue weighted by Crippen LogP contribution is 2.13. The van der Waals surface area contributed by atoms with Gasteiger partial charge in [0, 0.05) is 6.04 Å². The molecule has 0 aromatic rings. The standard InChI is InChI=1S/C26H51NO4/c1-4-6-7-8-9-10-11-12-13-14-15-16-17-18-19-20-22-30-25(28)23-24(3)27-26(29)31-21-5-2/h24H,4-23H2,1-3H3,(H,27,29). The van der Waals surface area contributed by atoms with E-state index in [-0.39, 0.29) is 18.4 Å². The van der Waals surface area contributed by atoms with Crippen molar-refractivity contribution in [3.8, 4) is 0 Å². The second-order valence-electron chi connectivity index (χ2n) is 8.91. The van der Waals surface area contributed by atoms with E-state index in [1.54, 1.807) is 6.92 Å². The fraction of sp³-hybridized carbons (Fsp3) is 0.923. The van der Waals surface area contributed by atoms with Gasteiger partial charge in [-0.3, -0.25) is 4.79 Å². The molecule has 0 aliphatic rings. The molecule has 0 radical (unpaired) electrons. The average molecular weight is 442 g/mol. The Hall–Kier alpha value is -1.26. The molecule has 1 atom stereocenters. The molecule has 184 valence electrons. The maximum atomic E-state index is 11.8. The molecule has 0 saturated carbocycles. The van der Waals surface area contributed by atoms with Crippen LogP contribution in [0.15, 0.2) is 0 Å². The molecule has 1 unspecified atom stereocenters. The van der Waals surface area contributed by atoms with E-state index >= 15 is 0 Å². The smallest absolute Gasteiger partial charge is 0.407 e. The molecule has 0 fully saturated rings. The van der Waals surface area contributed by atoms with Crippen LogP contribution in [-0.2, 0) is 14.3 Å². The molecule has 0 saturated heterocycles. The lowest BCUT2D eigenvalue weighted by Gasteiger charge is -2.13. The molecule has 1 amide bonds. The molecular formula is C26H51NO4. The number of rotatable bonds is 22. The highest BCUT2D eigenvalue weighted by molar-refractivity contribution is 5.72. The maximum Gasteiger partial charge on any atom is 0.407 e. The van der Waals surface area contributed by atoms with Gasteiger partial charge >= 0.3 is 12.1 Å². The molecule has 1 N–H and O–H groups in total. The molecule has 0 rings (SSSR count). The van der Waals surface area contributed by atoms with Crippen molar-refractivity contribution in [3.05, 3.63) is 0 Å². The fourth-order valence-corrected chi connectivity index (χ4v) is 3.63. The number of alkyl carbamates (subject to hydrolysis) is 1. The quantitative estimate of drug-likeness (QED) is 0.138. The number of carbonyl (C=O) groups is 2. The second kappa shape index (κ2) is 23.4. The third kappa shape index (κ3) is 23.2. The minimum absolute atomic E-state index is 0.181. The lowest BCUT2D eigenvalue weighted by Crippen LogP contribution is -2.35. The van der Waals surface area contributed by atoms with Gasteiger partial charge in [-0.1, -0.05) is 110 Å². The number of unbranched alkanes of at least 4 members (excludes halogenated alkanes) is 15. The normalized spacial score (nSPS) is 11.8. The van der Waals surface area contributed by atoms with E-state index in [1.807, 2.05) is 6.92 Å². The van der Waals surface area contributed by atoms with Crippen LogP contribution in [0.4, 0.5) is 4.79 Å². The Morgan fingerprint density at radius 3 is 1.52 bits per heavy atom. The first-order valence-electron chi connectivity index (χ1n) is 13.2. The summed E-state index contributed by atoms with van der Waals surface area (Å²) in [6.07, 6.45) is 21.8. The molecule has 5 nitrogen and oxygen atoms in total. The molecule has 5 heteroatoms. The Kier molecular flexibility index (Phi) is 22.5. The summed E-state index contributed by atoms with van der Waals surface area (Å²) in [5.41, 5.74) is 0. The summed E-state index contributed by atoms with van der Waals surface area (Å²) in [6, 6.07) is -0.275. The summed E-state index contributed by atoms with van der Waals surface area (Å²) < 4.78 is 10.2. The van der Waals surface area contributed by atoms with Crippen molar-refractivity contribution in [2.24, 2.45) is 0 Å². The predicted molar refractivity (Wildman–Crippen MR) is 129 cm³/mol. The maximum absolute atomic E-state index is 11.8. The molecule has 0 heterocycles. The largest absolute Gasteiger partial charge is 0.466 e. The van der Waals surface area contributed by atoms with Crippen molar-refractivity contribution in [2.45, 2.75) is 142 Å². The van der Waals surface area contributed by atoms with Gasteiger partial charge in [0.2, 0.25) is 0 Å². The first-order chi connectivity index (χ1) is 15.1. The van der Waals surface area contributed by atoms with Gasteiger partial charge in [0.15, 0.2) is 0 Å². The third-order valence-corrected chi connectivity index (χ3v) is 5.54. The highest BCUT2D eigenvalue weighted by Gasteiger charge is 2.13. The fourth-order valence-electron chi connectivity index (χ4n) is 3.63. The highest BCUT2D eigenvalue weighted by atomic mass is 16.5. The molecule has 0 aromatic heterocycles. The number of ether oxygens (including phenoxy) is 2. The van der Waals surface area contributed by atoms with Crippen molar-refractivity contribution in [3.63, 3.8) is 0 Å². The Bertz CT molecular complexity index is 414. The SMILES string of the molecule is CCCCCCCCCCCCCCCCCCOC(=O)CC(C)NC(=O)OCCC. The first kappa shape index (κ1) is 29.7. The average Bonchev–Trinajstić information content (AvgIpc) is 2.74. The summed E-state index contributed by atoms with van der Waals surface area (Å²) in [6.45, 7) is 6.86.